The molecule has 30 heavy (non-hydrogen) atoms. The molecule has 1 heterocycles. The molecule has 3 rings (SSSR count). The summed E-state index contributed by atoms with van der Waals surface area (Å²) < 4.78 is 7.03. The van der Waals surface area contributed by atoms with Crippen LogP contribution in [0.1, 0.15) is 49.0 Å². The average Bonchev–Trinajstić information content (AvgIpc) is 3.13. The fourth-order valence-corrected chi connectivity index (χ4v) is 3.65. The molecule has 0 aliphatic heterocycles. The van der Waals surface area contributed by atoms with Gasteiger partial charge in [0, 0.05) is 35.6 Å². The molecule has 5 nitrogen and oxygen atoms in total. The Morgan fingerprint density at radius 2 is 1.90 bits per heavy atom. The number of aromatic nitrogens is 1. The second-order valence-corrected chi connectivity index (χ2v) is 7.82. The summed E-state index contributed by atoms with van der Waals surface area (Å²) in [5.74, 6) is -0.305. The Kier molecular flexibility index (Phi) is 7.52. The molecule has 1 atom stereocenters. The topological polar surface area (TPSA) is 60.3 Å². The molecular weight excluding hydrogens is 400 g/mol. The van der Waals surface area contributed by atoms with Crippen LogP contribution in [-0.4, -0.2) is 29.1 Å². The maximum absolute atomic E-state index is 13.0. The Bertz CT molecular complexity index is 1010. The Hall–Kier alpha value is -2.79. The molecule has 0 fully saturated rings. The highest BCUT2D eigenvalue weighted by Crippen LogP contribution is 2.22. The molecule has 0 aliphatic carbocycles. The predicted molar refractivity (Wildman–Crippen MR) is 120 cm³/mol. The first-order valence-corrected chi connectivity index (χ1v) is 10.6. The average molecular weight is 427 g/mol. The van der Waals surface area contributed by atoms with E-state index in [1.807, 2.05) is 61.7 Å². The Morgan fingerprint density at radius 1 is 1.13 bits per heavy atom. The minimum absolute atomic E-state index is 0.0399. The number of rotatable bonds is 9. The zero-order chi connectivity index (χ0) is 21.5. The molecule has 0 bridgehead atoms. The lowest BCUT2D eigenvalue weighted by Gasteiger charge is -2.15. The standard InChI is InChI=1S/C24H27ClN2O3/c1-3-30-22(28)9-4-6-17(2)26-24(29)21-8-5-7-19-14-15-27(23(19)21)16-18-10-12-20(25)13-11-18/h5,7-8,10-15,17H,3-4,6,9,16H2,1-2H3,(H,26,29). The van der Waals surface area contributed by atoms with Crippen LogP contribution in [0.2, 0.25) is 5.02 Å². The Labute approximate surface area is 182 Å². The number of amides is 1. The SMILES string of the molecule is CCOC(=O)CCCC(C)NC(=O)c1cccc2ccn(Cc3ccc(Cl)cc3)c12. The molecule has 2 aromatic carbocycles. The summed E-state index contributed by atoms with van der Waals surface area (Å²) in [6, 6.07) is 15.4. The Balaban J connectivity index is 1.70. The van der Waals surface area contributed by atoms with Crippen molar-refractivity contribution in [1.82, 2.24) is 9.88 Å². The van der Waals surface area contributed by atoms with Gasteiger partial charge in [0.2, 0.25) is 0 Å². The summed E-state index contributed by atoms with van der Waals surface area (Å²) in [6.07, 6.45) is 3.76. The number of hydrogen-bond acceptors (Lipinski definition) is 3. The number of benzene rings is 2. The lowest BCUT2D eigenvalue weighted by molar-refractivity contribution is -0.143. The van der Waals surface area contributed by atoms with Crippen LogP contribution in [-0.2, 0) is 16.1 Å². The summed E-state index contributed by atoms with van der Waals surface area (Å²) in [5.41, 5.74) is 2.66. The van der Waals surface area contributed by atoms with Crippen molar-refractivity contribution in [2.24, 2.45) is 0 Å². The van der Waals surface area contributed by atoms with Crippen molar-refractivity contribution in [3.05, 3.63) is 70.9 Å². The number of carbonyl (C=O) groups excluding carboxylic acids is 2. The van der Waals surface area contributed by atoms with Gasteiger partial charge in [-0.05, 0) is 56.5 Å². The van der Waals surface area contributed by atoms with E-state index in [1.54, 1.807) is 6.92 Å². The molecule has 0 radical (unpaired) electrons. The molecule has 1 aromatic heterocycles. The molecule has 0 spiro atoms. The predicted octanol–water partition coefficient (Wildman–Crippen LogP) is 5.19. The van der Waals surface area contributed by atoms with Gasteiger partial charge in [-0.25, -0.2) is 0 Å². The van der Waals surface area contributed by atoms with Crippen molar-refractivity contribution in [2.45, 2.75) is 45.7 Å². The lowest BCUT2D eigenvalue weighted by Crippen LogP contribution is -2.33. The van der Waals surface area contributed by atoms with E-state index in [4.69, 9.17) is 16.3 Å². The van der Waals surface area contributed by atoms with Crippen molar-refractivity contribution in [3.8, 4) is 0 Å². The van der Waals surface area contributed by atoms with E-state index in [0.717, 1.165) is 16.5 Å². The number of fused-ring (bicyclic) bond motifs is 1. The number of nitrogens with zero attached hydrogens (tertiary/aromatic N) is 1. The van der Waals surface area contributed by atoms with Crippen LogP contribution >= 0.6 is 11.6 Å². The first kappa shape index (κ1) is 21.9. The number of carbonyl (C=O) groups is 2. The first-order chi connectivity index (χ1) is 14.5. The highest BCUT2D eigenvalue weighted by molar-refractivity contribution is 6.30. The fourth-order valence-electron chi connectivity index (χ4n) is 3.52. The van der Waals surface area contributed by atoms with Crippen molar-refractivity contribution >= 4 is 34.4 Å². The van der Waals surface area contributed by atoms with Crippen LogP contribution in [0.4, 0.5) is 0 Å². The molecule has 0 saturated heterocycles. The van der Waals surface area contributed by atoms with Crippen LogP contribution in [0.3, 0.4) is 0 Å². The van der Waals surface area contributed by atoms with Crippen LogP contribution in [0.25, 0.3) is 10.9 Å². The van der Waals surface area contributed by atoms with E-state index >= 15 is 0 Å². The van der Waals surface area contributed by atoms with Gasteiger partial charge in [-0.3, -0.25) is 9.59 Å². The summed E-state index contributed by atoms with van der Waals surface area (Å²) in [7, 11) is 0. The molecule has 6 heteroatoms. The number of halogens is 1. The molecule has 0 aliphatic rings. The molecular formula is C24H27ClN2O3. The van der Waals surface area contributed by atoms with Crippen molar-refractivity contribution in [1.29, 1.82) is 0 Å². The van der Waals surface area contributed by atoms with E-state index in [1.165, 1.54) is 0 Å². The number of hydrogen-bond donors (Lipinski definition) is 1. The second-order valence-electron chi connectivity index (χ2n) is 7.39. The van der Waals surface area contributed by atoms with Crippen molar-refractivity contribution in [3.63, 3.8) is 0 Å². The lowest BCUT2D eigenvalue weighted by atomic mass is 10.1. The molecule has 1 N–H and O–H groups in total. The summed E-state index contributed by atoms with van der Waals surface area (Å²) in [5, 5.41) is 4.78. The summed E-state index contributed by atoms with van der Waals surface area (Å²) >= 11 is 5.99. The number of para-hydroxylation sites is 1. The zero-order valence-corrected chi connectivity index (χ0v) is 18.1. The molecule has 0 saturated carbocycles. The molecule has 1 unspecified atom stereocenters. The van der Waals surface area contributed by atoms with Gasteiger partial charge < -0.3 is 14.6 Å². The maximum Gasteiger partial charge on any atom is 0.305 e. The fraction of sp³-hybridized carbons (Fsp3) is 0.333. The van der Waals surface area contributed by atoms with E-state index in [9.17, 15) is 9.59 Å². The van der Waals surface area contributed by atoms with Gasteiger partial charge in [0.25, 0.3) is 5.91 Å². The van der Waals surface area contributed by atoms with Gasteiger partial charge in [0.05, 0.1) is 17.7 Å². The third-order valence-corrected chi connectivity index (χ3v) is 5.25. The van der Waals surface area contributed by atoms with Crippen LogP contribution < -0.4 is 5.32 Å². The normalized spacial score (nSPS) is 12.0. The smallest absolute Gasteiger partial charge is 0.305 e. The van der Waals surface area contributed by atoms with Gasteiger partial charge in [-0.15, -0.1) is 0 Å². The minimum atomic E-state index is -0.194. The van der Waals surface area contributed by atoms with Gasteiger partial charge in [0.15, 0.2) is 0 Å². The van der Waals surface area contributed by atoms with Crippen molar-refractivity contribution in [2.75, 3.05) is 6.61 Å². The van der Waals surface area contributed by atoms with Gasteiger partial charge >= 0.3 is 5.97 Å². The zero-order valence-electron chi connectivity index (χ0n) is 17.4. The van der Waals surface area contributed by atoms with E-state index < -0.39 is 0 Å². The molecule has 158 valence electrons. The molecule has 1 amide bonds. The molecule has 3 aromatic rings. The summed E-state index contributed by atoms with van der Waals surface area (Å²) in [4.78, 5) is 24.5. The summed E-state index contributed by atoms with van der Waals surface area (Å²) in [6.45, 7) is 4.80. The van der Waals surface area contributed by atoms with Crippen molar-refractivity contribution < 1.29 is 14.3 Å². The van der Waals surface area contributed by atoms with Crippen LogP contribution in [0, 0.1) is 0 Å². The quantitative estimate of drug-likeness (QED) is 0.478. The first-order valence-electron chi connectivity index (χ1n) is 10.3. The van der Waals surface area contributed by atoms with Gasteiger partial charge in [-0.1, -0.05) is 35.9 Å². The number of ether oxygens (including phenoxy) is 1. The van der Waals surface area contributed by atoms with E-state index in [-0.39, 0.29) is 17.9 Å². The number of esters is 1. The third kappa shape index (κ3) is 5.63. The van der Waals surface area contributed by atoms with E-state index in [2.05, 4.69) is 9.88 Å². The van der Waals surface area contributed by atoms with Gasteiger partial charge in [0.1, 0.15) is 0 Å². The highest BCUT2D eigenvalue weighted by Gasteiger charge is 2.16. The minimum Gasteiger partial charge on any atom is -0.466 e. The van der Waals surface area contributed by atoms with Crippen LogP contribution in [0.5, 0.6) is 0 Å². The highest BCUT2D eigenvalue weighted by atomic mass is 35.5. The van der Waals surface area contributed by atoms with Crippen LogP contribution in [0.15, 0.2) is 54.7 Å². The van der Waals surface area contributed by atoms with Gasteiger partial charge in [-0.2, -0.15) is 0 Å². The second kappa shape index (κ2) is 10.3. The maximum atomic E-state index is 13.0. The largest absolute Gasteiger partial charge is 0.466 e. The number of nitrogens with one attached hydrogen (secondary N) is 1. The van der Waals surface area contributed by atoms with E-state index in [0.29, 0.717) is 43.0 Å². The third-order valence-electron chi connectivity index (χ3n) is 5.00. The Morgan fingerprint density at radius 3 is 2.63 bits per heavy atom. The monoisotopic (exact) mass is 426 g/mol.